The number of nitrogens with two attached hydrogens (primary N) is 1. The summed E-state index contributed by atoms with van der Waals surface area (Å²) in [6.45, 7) is 6.25. The first kappa shape index (κ1) is 11.2. The number of imidazole rings is 1. The van der Waals surface area contributed by atoms with Gasteiger partial charge in [-0.15, -0.1) is 0 Å². The number of aryl methyl sites for hydroxylation is 1. The van der Waals surface area contributed by atoms with E-state index in [-0.39, 0.29) is 5.60 Å². The summed E-state index contributed by atoms with van der Waals surface area (Å²) in [6.07, 6.45) is 6.53. The molecule has 0 aliphatic heterocycles. The summed E-state index contributed by atoms with van der Waals surface area (Å²) < 4.78 is 7.66. The second kappa shape index (κ2) is 5.12. The molecule has 0 saturated carbocycles. The largest absolute Gasteiger partial charge is 0.374 e. The van der Waals surface area contributed by atoms with Crippen LogP contribution in [0.2, 0.25) is 0 Å². The van der Waals surface area contributed by atoms with Crippen molar-refractivity contribution in [2.75, 3.05) is 13.2 Å². The van der Waals surface area contributed by atoms with Crippen LogP contribution in [0.25, 0.3) is 0 Å². The van der Waals surface area contributed by atoms with Crippen LogP contribution in [-0.2, 0) is 11.3 Å². The van der Waals surface area contributed by atoms with Crippen molar-refractivity contribution in [3.63, 3.8) is 0 Å². The molecule has 0 atom stereocenters. The molecule has 1 rings (SSSR count). The highest BCUT2D eigenvalue weighted by molar-refractivity contribution is 4.74. The highest BCUT2D eigenvalue weighted by Crippen LogP contribution is 2.06. The highest BCUT2D eigenvalue weighted by Gasteiger charge is 2.14. The SMILES string of the molecule is CC(C)(CN)OCCCn1ccnc1. The molecule has 80 valence electrons. The molecular weight excluding hydrogens is 178 g/mol. The van der Waals surface area contributed by atoms with Crippen molar-refractivity contribution in [2.24, 2.45) is 5.73 Å². The Labute approximate surface area is 85.1 Å². The van der Waals surface area contributed by atoms with Gasteiger partial charge in [-0.2, -0.15) is 0 Å². The van der Waals surface area contributed by atoms with Crippen LogP contribution in [0.15, 0.2) is 18.7 Å². The Balaban J connectivity index is 2.11. The molecular formula is C10H19N3O. The molecule has 0 aliphatic rings. The van der Waals surface area contributed by atoms with Crippen molar-refractivity contribution in [2.45, 2.75) is 32.4 Å². The Morgan fingerprint density at radius 3 is 2.86 bits per heavy atom. The van der Waals surface area contributed by atoms with Gasteiger partial charge in [0.25, 0.3) is 0 Å². The Morgan fingerprint density at radius 2 is 2.29 bits per heavy atom. The average molecular weight is 197 g/mol. The van der Waals surface area contributed by atoms with Crippen LogP contribution in [0, 0.1) is 0 Å². The van der Waals surface area contributed by atoms with Crippen LogP contribution in [0.4, 0.5) is 0 Å². The Bertz CT molecular complexity index is 244. The van der Waals surface area contributed by atoms with Gasteiger partial charge in [-0.3, -0.25) is 0 Å². The molecule has 4 heteroatoms. The monoisotopic (exact) mass is 197 g/mol. The zero-order chi connectivity index (χ0) is 10.4. The van der Waals surface area contributed by atoms with E-state index in [9.17, 15) is 0 Å². The minimum absolute atomic E-state index is 0.199. The third kappa shape index (κ3) is 3.89. The van der Waals surface area contributed by atoms with E-state index in [0.29, 0.717) is 6.54 Å². The lowest BCUT2D eigenvalue weighted by Gasteiger charge is -2.23. The van der Waals surface area contributed by atoms with Gasteiger partial charge >= 0.3 is 0 Å². The summed E-state index contributed by atoms with van der Waals surface area (Å²) in [6, 6.07) is 0. The lowest BCUT2D eigenvalue weighted by atomic mass is 10.1. The molecule has 0 spiro atoms. The molecule has 2 N–H and O–H groups in total. The van der Waals surface area contributed by atoms with Gasteiger partial charge in [0.05, 0.1) is 11.9 Å². The fraction of sp³-hybridized carbons (Fsp3) is 0.700. The van der Waals surface area contributed by atoms with Crippen molar-refractivity contribution in [1.82, 2.24) is 9.55 Å². The van der Waals surface area contributed by atoms with E-state index in [4.69, 9.17) is 10.5 Å². The number of ether oxygens (including phenoxy) is 1. The van der Waals surface area contributed by atoms with Gasteiger partial charge in [-0.1, -0.05) is 0 Å². The van der Waals surface area contributed by atoms with Gasteiger partial charge in [0.15, 0.2) is 0 Å². The molecule has 0 radical (unpaired) electrons. The standard InChI is InChI=1S/C10H19N3O/c1-10(2,8-11)14-7-3-5-13-6-4-12-9-13/h4,6,9H,3,5,7-8,11H2,1-2H3. The van der Waals surface area contributed by atoms with Gasteiger partial charge < -0.3 is 15.0 Å². The quantitative estimate of drug-likeness (QED) is 0.693. The van der Waals surface area contributed by atoms with Crippen molar-refractivity contribution < 1.29 is 4.74 Å². The third-order valence-electron chi connectivity index (χ3n) is 2.10. The van der Waals surface area contributed by atoms with E-state index in [1.807, 2.05) is 30.9 Å². The summed E-state index contributed by atoms with van der Waals surface area (Å²) in [4.78, 5) is 3.97. The molecule has 14 heavy (non-hydrogen) atoms. The molecule has 1 aromatic heterocycles. The summed E-state index contributed by atoms with van der Waals surface area (Å²) in [5, 5.41) is 0. The predicted molar refractivity (Wildman–Crippen MR) is 55.9 cm³/mol. The fourth-order valence-electron chi connectivity index (χ4n) is 1.07. The van der Waals surface area contributed by atoms with Crippen molar-refractivity contribution in [3.05, 3.63) is 18.7 Å². The Morgan fingerprint density at radius 1 is 1.50 bits per heavy atom. The van der Waals surface area contributed by atoms with Crippen LogP contribution in [0.5, 0.6) is 0 Å². The fourth-order valence-corrected chi connectivity index (χ4v) is 1.07. The highest BCUT2D eigenvalue weighted by atomic mass is 16.5. The average Bonchev–Trinajstić information content (AvgIpc) is 2.65. The maximum absolute atomic E-state index is 5.62. The third-order valence-corrected chi connectivity index (χ3v) is 2.10. The number of rotatable bonds is 6. The molecule has 0 unspecified atom stereocenters. The molecule has 0 saturated heterocycles. The predicted octanol–water partition coefficient (Wildman–Crippen LogP) is 1.03. The van der Waals surface area contributed by atoms with E-state index in [1.165, 1.54) is 0 Å². The maximum atomic E-state index is 5.62. The molecule has 0 aromatic carbocycles. The molecule has 0 aliphatic carbocycles. The van der Waals surface area contributed by atoms with E-state index >= 15 is 0 Å². The van der Waals surface area contributed by atoms with E-state index in [1.54, 1.807) is 6.20 Å². The minimum atomic E-state index is -0.199. The van der Waals surface area contributed by atoms with E-state index in [2.05, 4.69) is 4.98 Å². The lowest BCUT2D eigenvalue weighted by Crippen LogP contribution is -2.34. The number of aromatic nitrogens is 2. The van der Waals surface area contributed by atoms with Gasteiger partial charge in [-0.05, 0) is 20.3 Å². The van der Waals surface area contributed by atoms with Crippen molar-refractivity contribution in [3.8, 4) is 0 Å². The normalized spacial score (nSPS) is 11.9. The molecule has 0 bridgehead atoms. The van der Waals surface area contributed by atoms with Gasteiger partial charge in [0, 0.05) is 32.1 Å². The van der Waals surface area contributed by atoms with Gasteiger partial charge in [-0.25, -0.2) is 4.98 Å². The second-order valence-corrected chi connectivity index (χ2v) is 3.97. The first-order valence-electron chi connectivity index (χ1n) is 4.94. The molecule has 1 heterocycles. The van der Waals surface area contributed by atoms with E-state index < -0.39 is 0 Å². The summed E-state index contributed by atoms with van der Waals surface area (Å²) in [5.41, 5.74) is 5.34. The van der Waals surface area contributed by atoms with Crippen LogP contribution < -0.4 is 5.73 Å². The maximum Gasteiger partial charge on any atom is 0.0945 e. The Hall–Kier alpha value is -0.870. The van der Waals surface area contributed by atoms with E-state index in [0.717, 1.165) is 19.6 Å². The molecule has 1 aromatic rings. The zero-order valence-electron chi connectivity index (χ0n) is 8.94. The van der Waals surface area contributed by atoms with Crippen LogP contribution in [-0.4, -0.2) is 28.3 Å². The minimum Gasteiger partial charge on any atom is -0.374 e. The summed E-state index contributed by atoms with van der Waals surface area (Å²) in [5.74, 6) is 0. The van der Waals surface area contributed by atoms with Crippen LogP contribution >= 0.6 is 0 Å². The van der Waals surface area contributed by atoms with Crippen LogP contribution in [0.3, 0.4) is 0 Å². The first-order chi connectivity index (χ1) is 6.64. The number of nitrogens with zero attached hydrogens (tertiary/aromatic N) is 2. The van der Waals surface area contributed by atoms with Crippen LogP contribution in [0.1, 0.15) is 20.3 Å². The van der Waals surface area contributed by atoms with Gasteiger partial charge in [0.1, 0.15) is 0 Å². The lowest BCUT2D eigenvalue weighted by molar-refractivity contribution is -0.0126. The summed E-state index contributed by atoms with van der Waals surface area (Å²) in [7, 11) is 0. The number of hydrogen-bond acceptors (Lipinski definition) is 3. The first-order valence-corrected chi connectivity index (χ1v) is 4.94. The van der Waals surface area contributed by atoms with Crippen molar-refractivity contribution >= 4 is 0 Å². The smallest absolute Gasteiger partial charge is 0.0945 e. The van der Waals surface area contributed by atoms with Crippen molar-refractivity contribution in [1.29, 1.82) is 0 Å². The Kier molecular flexibility index (Phi) is 4.10. The zero-order valence-corrected chi connectivity index (χ0v) is 8.94. The summed E-state index contributed by atoms with van der Waals surface area (Å²) >= 11 is 0. The number of hydrogen-bond donors (Lipinski definition) is 1. The topological polar surface area (TPSA) is 53.1 Å². The molecule has 0 fully saturated rings. The second-order valence-electron chi connectivity index (χ2n) is 3.97. The van der Waals surface area contributed by atoms with Gasteiger partial charge in [0.2, 0.25) is 0 Å². The molecule has 0 amide bonds. The molecule has 4 nitrogen and oxygen atoms in total.